The summed E-state index contributed by atoms with van der Waals surface area (Å²) in [5, 5.41) is 2.86. The van der Waals surface area contributed by atoms with Gasteiger partial charge in [0.25, 0.3) is 10.0 Å². The van der Waals surface area contributed by atoms with Crippen molar-refractivity contribution in [3.63, 3.8) is 0 Å². The highest BCUT2D eigenvalue weighted by molar-refractivity contribution is 7.92. The Balaban J connectivity index is 2.03. The second-order valence-corrected chi connectivity index (χ2v) is 11.7. The number of rotatable bonds is 11. The third-order valence-electron chi connectivity index (χ3n) is 6.28. The van der Waals surface area contributed by atoms with Crippen LogP contribution in [0.5, 0.6) is 5.75 Å². The fraction of sp³-hybridized carbons (Fsp3) is 0.333. The lowest BCUT2D eigenvalue weighted by Crippen LogP contribution is -2.52. The minimum absolute atomic E-state index is 0.0625. The lowest BCUT2D eigenvalue weighted by Gasteiger charge is -2.32. The zero-order chi connectivity index (χ0) is 28.7. The average molecular weight is 552 g/mol. The number of carbonyl (C=O) groups is 2. The van der Waals surface area contributed by atoms with Crippen LogP contribution in [0.3, 0.4) is 0 Å². The summed E-state index contributed by atoms with van der Waals surface area (Å²) in [4.78, 5) is 28.4. The molecule has 0 bridgehead atoms. The molecule has 0 aliphatic heterocycles. The third-order valence-corrected chi connectivity index (χ3v) is 8.07. The maximum absolute atomic E-state index is 13.9. The highest BCUT2D eigenvalue weighted by atomic mass is 32.2. The van der Waals surface area contributed by atoms with E-state index in [0.717, 1.165) is 21.0 Å². The summed E-state index contributed by atoms with van der Waals surface area (Å²) in [6.07, 6.45) is 0. The van der Waals surface area contributed by atoms with Gasteiger partial charge >= 0.3 is 0 Å². The first-order chi connectivity index (χ1) is 18.4. The van der Waals surface area contributed by atoms with Crippen LogP contribution in [-0.4, -0.2) is 50.9 Å². The SMILES string of the molecule is COc1ccc(N(CC(=O)N(Cc2cccc(C)c2)[C@@H](C)C(=O)NC(C)C)S(=O)(=O)c2ccc(C)cc2)cc1. The van der Waals surface area contributed by atoms with E-state index in [0.29, 0.717) is 11.4 Å². The highest BCUT2D eigenvalue weighted by Gasteiger charge is 2.32. The number of aryl methyl sites for hydroxylation is 2. The van der Waals surface area contributed by atoms with Crippen LogP contribution in [0, 0.1) is 13.8 Å². The summed E-state index contributed by atoms with van der Waals surface area (Å²) in [7, 11) is -2.60. The van der Waals surface area contributed by atoms with Gasteiger partial charge in [-0.05, 0) is 76.6 Å². The van der Waals surface area contributed by atoms with Crippen molar-refractivity contribution < 1.29 is 22.7 Å². The molecule has 3 aromatic rings. The molecule has 3 aromatic carbocycles. The Morgan fingerprint density at radius 2 is 1.54 bits per heavy atom. The lowest BCUT2D eigenvalue weighted by molar-refractivity contribution is -0.139. The molecule has 0 spiro atoms. The number of ether oxygens (including phenoxy) is 1. The molecule has 208 valence electrons. The quantitative estimate of drug-likeness (QED) is 0.380. The third kappa shape index (κ3) is 7.60. The molecular formula is C30H37N3O5S. The zero-order valence-corrected chi connectivity index (χ0v) is 24.2. The molecule has 0 unspecified atom stereocenters. The Labute approximate surface area is 231 Å². The lowest BCUT2D eigenvalue weighted by atomic mass is 10.1. The molecule has 0 heterocycles. The predicted octanol–water partition coefficient (Wildman–Crippen LogP) is 4.45. The standard InChI is InChI=1S/C30H37N3O5S/c1-21(2)31-30(35)24(5)32(19-25-9-7-8-23(4)18-25)29(34)20-33(26-12-14-27(38-6)15-13-26)39(36,37)28-16-10-22(3)11-17-28/h7-18,21,24H,19-20H2,1-6H3,(H,31,35)/t24-/m0/s1. The minimum Gasteiger partial charge on any atom is -0.497 e. The summed E-state index contributed by atoms with van der Waals surface area (Å²) >= 11 is 0. The molecule has 39 heavy (non-hydrogen) atoms. The topological polar surface area (TPSA) is 96.0 Å². The van der Waals surface area contributed by atoms with Crippen LogP contribution in [0.25, 0.3) is 0 Å². The normalized spacial score (nSPS) is 12.1. The number of methoxy groups -OCH3 is 1. The number of anilines is 1. The number of hydrogen-bond acceptors (Lipinski definition) is 5. The van der Waals surface area contributed by atoms with Gasteiger partial charge in [-0.2, -0.15) is 0 Å². The number of nitrogens with one attached hydrogen (secondary N) is 1. The number of nitrogens with zero attached hydrogens (tertiary/aromatic N) is 2. The van der Waals surface area contributed by atoms with Gasteiger partial charge < -0.3 is 15.0 Å². The molecule has 3 rings (SSSR count). The number of carbonyl (C=O) groups excluding carboxylic acids is 2. The van der Waals surface area contributed by atoms with Crippen LogP contribution in [-0.2, 0) is 26.2 Å². The molecule has 0 aliphatic carbocycles. The number of benzene rings is 3. The smallest absolute Gasteiger partial charge is 0.264 e. The van der Waals surface area contributed by atoms with Crippen molar-refractivity contribution >= 4 is 27.5 Å². The van der Waals surface area contributed by atoms with Crippen molar-refractivity contribution in [2.45, 2.75) is 58.1 Å². The van der Waals surface area contributed by atoms with Gasteiger partial charge in [0.15, 0.2) is 0 Å². The van der Waals surface area contributed by atoms with Crippen molar-refractivity contribution in [3.05, 3.63) is 89.5 Å². The van der Waals surface area contributed by atoms with E-state index in [1.165, 1.54) is 24.1 Å². The van der Waals surface area contributed by atoms with Gasteiger partial charge in [0.1, 0.15) is 18.3 Å². The van der Waals surface area contributed by atoms with Gasteiger partial charge in [-0.15, -0.1) is 0 Å². The molecule has 0 radical (unpaired) electrons. The van der Waals surface area contributed by atoms with E-state index in [4.69, 9.17) is 4.74 Å². The van der Waals surface area contributed by atoms with Crippen molar-refractivity contribution in [3.8, 4) is 5.75 Å². The van der Waals surface area contributed by atoms with Crippen LogP contribution in [0.2, 0.25) is 0 Å². The highest BCUT2D eigenvalue weighted by Crippen LogP contribution is 2.27. The first-order valence-corrected chi connectivity index (χ1v) is 14.2. The van der Waals surface area contributed by atoms with Gasteiger partial charge in [0, 0.05) is 12.6 Å². The van der Waals surface area contributed by atoms with E-state index < -0.39 is 28.5 Å². The second-order valence-electron chi connectivity index (χ2n) is 9.87. The molecule has 0 saturated heterocycles. The first kappa shape index (κ1) is 29.7. The van der Waals surface area contributed by atoms with Crippen LogP contribution in [0.4, 0.5) is 5.69 Å². The van der Waals surface area contributed by atoms with E-state index in [9.17, 15) is 18.0 Å². The molecule has 0 aliphatic rings. The molecule has 2 amide bonds. The minimum atomic E-state index is -4.12. The summed E-state index contributed by atoms with van der Waals surface area (Å²) in [5.41, 5.74) is 3.07. The van der Waals surface area contributed by atoms with E-state index in [2.05, 4.69) is 5.32 Å². The van der Waals surface area contributed by atoms with Crippen LogP contribution >= 0.6 is 0 Å². The molecule has 0 fully saturated rings. The molecule has 9 heteroatoms. The largest absolute Gasteiger partial charge is 0.497 e. The number of hydrogen-bond donors (Lipinski definition) is 1. The molecule has 1 atom stereocenters. The predicted molar refractivity (Wildman–Crippen MR) is 153 cm³/mol. The Kier molecular flexibility index (Phi) is 9.75. The average Bonchev–Trinajstić information content (AvgIpc) is 2.89. The molecular weight excluding hydrogens is 514 g/mol. The second kappa shape index (κ2) is 12.8. The number of amides is 2. The van der Waals surface area contributed by atoms with E-state index in [1.807, 2.05) is 52.0 Å². The molecule has 1 N–H and O–H groups in total. The van der Waals surface area contributed by atoms with Crippen molar-refractivity contribution in [2.24, 2.45) is 0 Å². The van der Waals surface area contributed by atoms with Gasteiger partial charge in [-0.3, -0.25) is 13.9 Å². The van der Waals surface area contributed by atoms with Crippen molar-refractivity contribution in [1.29, 1.82) is 0 Å². The van der Waals surface area contributed by atoms with Crippen molar-refractivity contribution in [1.82, 2.24) is 10.2 Å². The van der Waals surface area contributed by atoms with E-state index >= 15 is 0 Å². The molecule has 0 aromatic heterocycles. The summed E-state index contributed by atoms with van der Waals surface area (Å²) < 4.78 is 34.0. The van der Waals surface area contributed by atoms with Gasteiger partial charge in [-0.1, -0.05) is 47.5 Å². The summed E-state index contributed by atoms with van der Waals surface area (Å²) in [6.45, 7) is 8.81. The van der Waals surface area contributed by atoms with Gasteiger partial charge in [0.05, 0.1) is 17.7 Å². The monoisotopic (exact) mass is 551 g/mol. The van der Waals surface area contributed by atoms with Gasteiger partial charge in [0.2, 0.25) is 11.8 Å². The summed E-state index contributed by atoms with van der Waals surface area (Å²) in [5.74, 6) is -0.268. The van der Waals surface area contributed by atoms with Crippen molar-refractivity contribution in [2.75, 3.05) is 18.0 Å². The maximum atomic E-state index is 13.9. The fourth-order valence-corrected chi connectivity index (χ4v) is 5.52. The van der Waals surface area contributed by atoms with Crippen LogP contribution in [0.15, 0.2) is 77.7 Å². The Bertz CT molecular complexity index is 1390. The molecule has 0 saturated carbocycles. The Morgan fingerprint density at radius 3 is 2.10 bits per heavy atom. The van der Waals surface area contributed by atoms with Crippen LogP contribution < -0.4 is 14.4 Å². The fourth-order valence-electron chi connectivity index (χ4n) is 4.11. The summed E-state index contributed by atoms with van der Waals surface area (Å²) in [6, 6.07) is 19.6. The number of sulfonamides is 1. The first-order valence-electron chi connectivity index (χ1n) is 12.8. The Morgan fingerprint density at radius 1 is 0.897 bits per heavy atom. The Hall–Kier alpha value is -3.85. The maximum Gasteiger partial charge on any atom is 0.264 e. The van der Waals surface area contributed by atoms with Crippen LogP contribution in [0.1, 0.15) is 37.5 Å². The van der Waals surface area contributed by atoms with E-state index in [-0.39, 0.29) is 23.4 Å². The van der Waals surface area contributed by atoms with E-state index in [1.54, 1.807) is 43.3 Å². The zero-order valence-electron chi connectivity index (χ0n) is 23.3. The molecule has 8 nitrogen and oxygen atoms in total. The van der Waals surface area contributed by atoms with Gasteiger partial charge in [-0.25, -0.2) is 8.42 Å².